The number of nitrogens with zero attached hydrogens (tertiary/aromatic N) is 1. The third-order valence-corrected chi connectivity index (χ3v) is 5.53. The Labute approximate surface area is 139 Å². The van der Waals surface area contributed by atoms with E-state index in [4.69, 9.17) is 0 Å². The monoisotopic (exact) mass is 324 g/mol. The van der Waals surface area contributed by atoms with Gasteiger partial charge in [-0.3, -0.25) is 9.59 Å². The molecule has 0 spiro atoms. The summed E-state index contributed by atoms with van der Waals surface area (Å²) in [6.45, 7) is 4.51. The van der Waals surface area contributed by atoms with Crippen LogP contribution in [0, 0.1) is 11.8 Å². The minimum Gasteiger partial charge on any atom is -0.394 e. The SMILES string of the molecule is CC(NC(=O)CC1CCCCC1)C(=O)N1CCCC(C)C1CO. The van der Waals surface area contributed by atoms with Crippen LogP contribution in [0.25, 0.3) is 0 Å². The number of aliphatic hydroxyl groups is 1. The van der Waals surface area contributed by atoms with E-state index >= 15 is 0 Å². The van der Waals surface area contributed by atoms with Crippen molar-refractivity contribution in [2.75, 3.05) is 13.2 Å². The van der Waals surface area contributed by atoms with Crippen molar-refractivity contribution in [1.82, 2.24) is 10.2 Å². The first kappa shape index (κ1) is 18.2. The highest BCUT2D eigenvalue weighted by Gasteiger charge is 2.33. The average Bonchev–Trinajstić information content (AvgIpc) is 2.54. The molecule has 1 aliphatic heterocycles. The summed E-state index contributed by atoms with van der Waals surface area (Å²) in [7, 11) is 0. The second-order valence-corrected chi connectivity index (χ2v) is 7.40. The fraction of sp³-hybridized carbons (Fsp3) is 0.889. The summed E-state index contributed by atoms with van der Waals surface area (Å²) in [5.74, 6) is 0.713. The van der Waals surface area contributed by atoms with Crippen LogP contribution in [0.4, 0.5) is 0 Å². The first-order chi connectivity index (χ1) is 11.0. The van der Waals surface area contributed by atoms with Crippen molar-refractivity contribution in [2.45, 2.75) is 77.3 Å². The van der Waals surface area contributed by atoms with Crippen molar-refractivity contribution in [3.63, 3.8) is 0 Å². The summed E-state index contributed by atoms with van der Waals surface area (Å²) in [6, 6.07) is -0.626. The summed E-state index contributed by atoms with van der Waals surface area (Å²) < 4.78 is 0. The van der Waals surface area contributed by atoms with Crippen LogP contribution >= 0.6 is 0 Å². The molecule has 3 unspecified atom stereocenters. The predicted molar refractivity (Wildman–Crippen MR) is 89.8 cm³/mol. The van der Waals surface area contributed by atoms with Gasteiger partial charge in [-0.25, -0.2) is 0 Å². The molecule has 23 heavy (non-hydrogen) atoms. The van der Waals surface area contributed by atoms with Crippen molar-refractivity contribution in [3.8, 4) is 0 Å². The number of hydrogen-bond donors (Lipinski definition) is 2. The number of aliphatic hydroxyl groups excluding tert-OH is 1. The largest absolute Gasteiger partial charge is 0.394 e. The van der Waals surface area contributed by atoms with Crippen LogP contribution in [0.1, 0.15) is 65.2 Å². The van der Waals surface area contributed by atoms with E-state index in [1.165, 1.54) is 19.3 Å². The molecule has 0 aromatic carbocycles. The van der Waals surface area contributed by atoms with Gasteiger partial charge in [0.05, 0.1) is 12.6 Å². The molecular weight excluding hydrogens is 292 g/mol. The van der Waals surface area contributed by atoms with Gasteiger partial charge < -0.3 is 15.3 Å². The molecule has 2 N–H and O–H groups in total. The van der Waals surface area contributed by atoms with Crippen LogP contribution in [-0.4, -0.2) is 47.1 Å². The number of nitrogens with one attached hydrogen (secondary N) is 1. The number of carbonyl (C=O) groups is 2. The van der Waals surface area contributed by atoms with Crippen molar-refractivity contribution in [3.05, 3.63) is 0 Å². The molecule has 2 aliphatic rings. The number of hydrogen-bond acceptors (Lipinski definition) is 3. The molecule has 5 nitrogen and oxygen atoms in total. The van der Waals surface area contributed by atoms with E-state index in [0.29, 0.717) is 24.8 Å². The summed E-state index contributed by atoms with van der Waals surface area (Å²) >= 11 is 0. The minimum atomic E-state index is -0.509. The van der Waals surface area contributed by atoms with Crippen LogP contribution in [0.5, 0.6) is 0 Å². The van der Waals surface area contributed by atoms with Crippen LogP contribution in [-0.2, 0) is 9.59 Å². The lowest BCUT2D eigenvalue weighted by Crippen LogP contribution is -2.55. The standard InChI is InChI=1S/C18H32N2O3/c1-13-7-6-10-20(16(13)12-21)18(23)14(2)19-17(22)11-15-8-4-3-5-9-15/h13-16,21H,3-12H2,1-2H3,(H,19,22). The Morgan fingerprint density at radius 2 is 1.87 bits per heavy atom. The Morgan fingerprint density at radius 1 is 1.17 bits per heavy atom. The van der Waals surface area contributed by atoms with Gasteiger partial charge in [0.1, 0.15) is 6.04 Å². The zero-order chi connectivity index (χ0) is 16.8. The van der Waals surface area contributed by atoms with Gasteiger partial charge >= 0.3 is 0 Å². The highest BCUT2D eigenvalue weighted by molar-refractivity contribution is 5.87. The maximum Gasteiger partial charge on any atom is 0.245 e. The quantitative estimate of drug-likeness (QED) is 0.813. The van der Waals surface area contributed by atoms with E-state index in [1.807, 2.05) is 0 Å². The molecule has 1 saturated heterocycles. The lowest BCUT2D eigenvalue weighted by Gasteiger charge is -2.40. The van der Waals surface area contributed by atoms with E-state index in [1.54, 1.807) is 11.8 Å². The van der Waals surface area contributed by atoms with Crippen molar-refractivity contribution < 1.29 is 14.7 Å². The van der Waals surface area contributed by atoms with Gasteiger partial charge in [0.2, 0.25) is 11.8 Å². The Morgan fingerprint density at radius 3 is 2.52 bits per heavy atom. The summed E-state index contributed by atoms with van der Waals surface area (Å²) in [5.41, 5.74) is 0. The Balaban J connectivity index is 1.84. The Bertz CT molecular complexity index is 407. The van der Waals surface area contributed by atoms with Gasteiger partial charge in [0.25, 0.3) is 0 Å². The summed E-state index contributed by atoms with van der Waals surface area (Å²) in [4.78, 5) is 26.6. The predicted octanol–water partition coefficient (Wildman–Crippen LogP) is 2.08. The van der Waals surface area contributed by atoms with Crippen molar-refractivity contribution in [1.29, 1.82) is 0 Å². The van der Waals surface area contributed by atoms with E-state index < -0.39 is 6.04 Å². The molecule has 0 radical (unpaired) electrons. The molecule has 5 heteroatoms. The zero-order valence-electron chi connectivity index (χ0n) is 14.6. The fourth-order valence-corrected chi connectivity index (χ4v) is 4.07. The minimum absolute atomic E-state index is 0.00432. The molecule has 0 bridgehead atoms. The Hall–Kier alpha value is -1.10. The lowest BCUT2D eigenvalue weighted by molar-refractivity contribution is -0.141. The molecule has 1 saturated carbocycles. The summed E-state index contributed by atoms with van der Waals surface area (Å²) in [5, 5.41) is 12.5. The molecule has 0 aromatic heterocycles. The maximum atomic E-state index is 12.6. The van der Waals surface area contributed by atoms with Crippen molar-refractivity contribution in [2.24, 2.45) is 11.8 Å². The van der Waals surface area contributed by atoms with Gasteiger partial charge in [-0.15, -0.1) is 0 Å². The first-order valence-corrected chi connectivity index (χ1v) is 9.23. The third-order valence-electron chi connectivity index (χ3n) is 5.53. The fourth-order valence-electron chi connectivity index (χ4n) is 4.07. The van der Waals surface area contributed by atoms with Gasteiger partial charge in [0.15, 0.2) is 0 Å². The average molecular weight is 324 g/mol. The number of amides is 2. The second-order valence-electron chi connectivity index (χ2n) is 7.40. The molecule has 2 amide bonds. The normalized spacial score (nSPS) is 27.5. The number of piperidine rings is 1. The number of carbonyl (C=O) groups excluding carboxylic acids is 2. The van der Waals surface area contributed by atoms with Gasteiger partial charge in [0, 0.05) is 13.0 Å². The smallest absolute Gasteiger partial charge is 0.245 e. The molecule has 132 valence electrons. The van der Waals surface area contributed by atoms with Crippen molar-refractivity contribution >= 4 is 11.8 Å². The first-order valence-electron chi connectivity index (χ1n) is 9.23. The Kier molecular flexibility index (Phi) is 6.88. The van der Waals surface area contributed by atoms with E-state index in [-0.39, 0.29) is 24.5 Å². The highest BCUT2D eigenvalue weighted by Crippen LogP contribution is 2.26. The molecule has 2 fully saturated rings. The molecular formula is C18H32N2O3. The van der Waals surface area contributed by atoms with Crippen LogP contribution in [0.3, 0.4) is 0 Å². The van der Waals surface area contributed by atoms with E-state index in [0.717, 1.165) is 25.7 Å². The van der Waals surface area contributed by atoms with Gasteiger partial charge in [-0.1, -0.05) is 26.2 Å². The molecule has 1 heterocycles. The molecule has 1 aliphatic carbocycles. The maximum absolute atomic E-state index is 12.6. The molecule has 3 atom stereocenters. The van der Waals surface area contributed by atoms with Crippen LogP contribution in [0.2, 0.25) is 0 Å². The second kappa shape index (κ2) is 8.67. The molecule has 2 rings (SSSR count). The van der Waals surface area contributed by atoms with E-state index in [9.17, 15) is 14.7 Å². The van der Waals surface area contributed by atoms with Gasteiger partial charge in [-0.05, 0) is 44.4 Å². The third kappa shape index (κ3) is 4.93. The number of rotatable bonds is 5. The van der Waals surface area contributed by atoms with Crippen LogP contribution in [0.15, 0.2) is 0 Å². The van der Waals surface area contributed by atoms with E-state index in [2.05, 4.69) is 12.2 Å². The molecule has 0 aromatic rings. The number of likely N-dealkylation sites (tertiary alicyclic amines) is 1. The summed E-state index contributed by atoms with van der Waals surface area (Å²) in [6.07, 6.45) is 8.52. The van der Waals surface area contributed by atoms with Gasteiger partial charge in [-0.2, -0.15) is 0 Å². The zero-order valence-corrected chi connectivity index (χ0v) is 14.6. The van der Waals surface area contributed by atoms with Crippen LogP contribution < -0.4 is 5.32 Å². The topological polar surface area (TPSA) is 69.6 Å². The lowest BCUT2D eigenvalue weighted by atomic mass is 9.87. The highest BCUT2D eigenvalue weighted by atomic mass is 16.3.